The summed E-state index contributed by atoms with van der Waals surface area (Å²) in [6.45, 7) is 1.61. The number of aromatic hydroxyl groups is 1. The number of carboxylic acids is 1. The molecule has 0 radical (unpaired) electrons. The largest absolute Gasteiger partial charge is 0.507 e. The number of phenolic OH excluding ortho intramolecular Hbond substituents is 1. The van der Waals surface area contributed by atoms with Gasteiger partial charge in [0.1, 0.15) is 11.6 Å². The molecule has 3 nitrogen and oxygen atoms in total. The van der Waals surface area contributed by atoms with Gasteiger partial charge in [-0.3, -0.25) is 4.79 Å². The molecule has 1 rings (SSSR count). The summed E-state index contributed by atoms with van der Waals surface area (Å²) >= 11 is 0. The van der Waals surface area contributed by atoms with Crippen LogP contribution in [0.4, 0.5) is 4.39 Å². The zero-order chi connectivity index (χ0) is 11.4. The van der Waals surface area contributed by atoms with Crippen molar-refractivity contribution < 1.29 is 19.4 Å². The van der Waals surface area contributed by atoms with Crippen LogP contribution in [0.5, 0.6) is 5.75 Å². The smallest absolute Gasteiger partial charge is 0.303 e. The maximum absolute atomic E-state index is 13.0. The van der Waals surface area contributed by atoms with Crippen molar-refractivity contribution in [2.24, 2.45) is 0 Å². The predicted octanol–water partition coefficient (Wildman–Crippen LogP) is 2.25. The Morgan fingerprint density at radius 3 is 2.73 bits per heavy atom. The standard InChI is InChI=1S/C11H13FO3/c1-7-5-9(12)6-8(11(7)15)3-2-4-10(13)14/h5-6,15H,2-4H2,1H3,(H,13,14). The van der Waals surface area contributed by atoms with Crippen molar-refractivity contribution in [3.05, 3.63) is 29.1 Å². The number of halogens is 1. The van der Waals surface area contributed by atoms with E-state index in [-0.39, 0.29) is 12.2 Å². The lowest BCUT2D eigenvalue weighted by atomic mass is 10.0. The Hall–Kier alpha value is -1.58. The van der Waals surface area contributed by atoms with Gasteiger partial charge in [0.25, 0.3) is 0 Å². The summed E-state index contributed by atoms with van der Waals surface area (Å²) in [6, 6.07) is 2.49. The van der Waals surface area contributed by atoms with Gasteiger partial charge in [-0.1, -0.05) is 0 Å². The van der Waals surface area contributed by atoms with E-state index in [4.69, 9.17) is 5.11 Å². The van der Waals surface area contributed by atoms with Gasteiger partial charge in [0.05, 0.1) is 0 Å². The highest BCUT2D eigenvalue weighted by atomic mass is 19.1. The minimum absolute atomic E-state index is 0.0228. The maximum Gasteiger partial charge on any atom is 0.303 e. The highest BCUT2D eigenvalue weighted by Crippen LogP contribution is 2.24. The molecule has 4 heteroatoms. The molecular formula is C11H13FO3. The second kappa shape index (κ2) is 4.77. The summed E-state index contributed by atoms with van der Waals surface area (Å²) in [5, 5.41) is 18.0. The SMILES string of the molecule is Cc1cc(F)cc(CCCC(=O)O)c1O. The molecule has 1 aromatic carbocycles. The quantitative estimate of drug-likeness (QED) is 0.804. The third kappa shape index (κ3) is 3.23. The molecule has 0 fully saturated rings. The lowest BCUT2D eigenvalue weighted by Crippen LogP contribution is -1.97. The second-order valence-electron chi connectivity index (χ2n) is 3.48. The number of rotatable bonds is 4. The van der Waals surface area contributed by atoms with E-state index >= 15 is 0 Å². The van der Waals surface area contributed by atoms with E-state index in [1.54, 1.807) is 6.92 Å². The maximum atomic E-state index is 13.0. The minimum Gasteiger partial charge on any atom is -0.507 e. The lowest BCUT2D eigenvalue weighted by molar-refractivity contribution is -0.137. The van der Waals surface area contributed by atoms with Crippen LogP contribution in [0.25, 0.3) is 0 Å². The molecule has 1 aromatic rings. The Labute approximate surface area is 87.2 Å². The number of phenols is 1. The molecule has 0 aromatic heterocycles. The molecule has 82 valence electrons. The highest BCUT2D eigenvalue weighted by molar-refractivity contribution is 5.66. The Balaban J connectivity index is 2.72. The summed E-state index contributed by atoms with van der Waals surface area (Å²) in [4.78, 5) is 10.3. The summed E-state index contributed by atoms with van der Waals surface area (Å²) < 4.78 is 13.0. The van der Waals surface area contributed by atoms with E-state index < -0.39 is 11.8 Å². The first-order valence-corrected chi connectivity index (χ1v) is 4.70. The average molecular weight is 212 g/mol. The van der Waals surface area contributed by atoms with Crippen LogP contribution in [-0.2, 0) is 11.2 Å². The van der Waals surface area contributed by atoms with Gasteiger partial charge in [-0.2, -0.15) is 0 Å². The molecule has 0 saturated carbocycles. The molecule has 0 saturated heterocycles. The summed E-state index contributed by atoms with van der Waals surface area (Å²) in [5.41, 5.74) is 0.939. The van der Waals surface area contributed by atoms with Gasteiger partial charge in [-0.05, 0) is 43.0 Å². The molecule has 0 amide bonds. The number of benzene rings is 1. The fourth-order valence-electron chi connectivity index (χ4n) is 1.43. The Bertz CT molecular complexity index is 374. The Kier molecular flexibility index (Phi) is 3.66. The van der Waals surface area contributed by atoms with Crippen LogP contribution in [0.3, 0.4) is 0 Å². The zero-order valence-electron chi connectivity index (χ0n) is 8.46. The van der Waals surface area contributed by atoms with Crippen molar-refractivity contribution in [3.63, 3.8) is 0 Å². The molecule has 0 aliphatic carbocycles. The monoisotopic (exact) mass is 212 g/mol. The van der Waals surface area contributed by atoms with Gasteiger partial charge < -0.3 is 10.2 Å². The molecule has 15 heavy (non-hydrogen) atoms. The van der Waals surface area contributed by atoms with Crippen molar-refractivity contribution in [1.29, 1.82) is 0 Å². The van der Waals surface area contributed by atoms with Crippen molar-refractivity contribution in [3.8, 4) is 5.75 Å². The molecule has 0 aliphatic heterocycles. The minimum atomic E-state index is -0.886. The first kappa shape index (κ1) is 11.5. The normalized spacial score (nSPS) is 10.3. The lowest BCUT2D eigenvalue weighted by Gasteiger charge is -2.06. The molecule has 0 atom stereocenters. The second-order valence-corrected chi connectivity index (χ2v) is 3.48. The third-order valence-corrected chi connectivity index (χ3v) is 2.18. The average Bonchev–Trinajstić information content (AvgIpc) is 2.12. The van der Waals surface area contributed by atoms with Crippen molar-refractivity contribution >= 4 is 5.97 Å². The summed E-state index contributed by atoms with van der Waals surface area (Å²) in [7, 11) is 0. The molecular weight excluding hydrogens is 199 g/mol. The van der Waals surface area contributed by atoms with Gasteiger partial charge in [-0.25, -0.2) is 4.39 Å². The predicted molar refractivity (Wildman–Crippen MR) is 53.4 cm³/mol. The first-order valence-electron chi connectivity index (χ1n) is 4.70. The number of carbonyl (C=O) groups is 1. The Morgan fingerprint density at radius 1 is 1.47 bits per heavy atom. The van der Waals surface area contributed by atoms with Crippen LogP contribution in [0.15, 0.2) is 12.1 Å². The van der Waals surface area contributed by atoms with Gasteiger partial charge in [0.2, 0.25) is 0 Å². The van der Waals surface area contributed by atoms with Crippen LogP contribution in [0, 0.1) is 12.7 Å². The summed E-state index contributed by atoms with van der Waals surface area (Å²) in [6.07, 6.45) is 0.789. The molecule has 0 unspecified atom stereocenters. The van der Waals surface area contributed by atoms with E-state index in [1.807, 2.05) is 0 Å². The highest BCUT2D eigenvalue weighted by Gasteiger charge is 2.07. The fourth-order valence-corrected chi connectivity index (χ4v) is 1.43. The topological polar surface area (TPSA) is 57.5 Å². The van der Waals surface area contributed by atoms with Crippen molar-refractivity contribution in [1.82, 2.24) is 0 Å². The van der Waals surface area contributed by atoms with Gasteiger partial charge >= 0.3 is 5.97 Å². The third-order valence-electron chi connectivity index (χ3n) is 2.18. The number of aliphatic carboxylic acids is 1. The summed E-state index contributed by atoms with van der Waals surface area (Å²) in [5.74, 6) is -1.24. The first-order chi connectivity index (χ1) is 7.00. The van der Waals surface area contributed by atoms with E-state index in [2.05, 4.69) is 0 Å². The fraction of sp³-hybridized carbons (Fsp3) is 0.364. The molecule has 0 heterocycles. The van der Waals surface area contributed by atoms with Gasteiger partial charge in [0.15, 0.2) is 0 Å². The zero-order valence-corrected chi connectivity index (χ0v) is 8.46. The molecule has 0 bridgehead atoms. The van der Waals surface area contributed by atoms with Crippen molar-refractivity contribution in [2.45, 2.75) is 26.2 Å². The van der Waals surface area contributed by atoms with E-state index in [9.17, 15) is 14.3 Å². The molecule has 2 N–H and O–H groups in total. The van der Waals surface area contributed by atoms with Crippen LogP contribution in [0.1, 0.15) is 24.0 Å². The van der Waals surface area contributed by atoms with Gasteiger partial charge in [-0.15, -0.1) is 0 Å². The van der Waals surface area contributed by atoms with Crippen LogP contribution in [0.2, 0.25) is 0 Å². The van der Waals surface area contributed by atoms with Crippen LogP contribution in [-0.4, -0.2) is 16.2 Å². The number of hydrogen-bond donors (Lipinski definition) is 2. The number of carboxylic acid groups (broad SMARTS) is 1. The Morgan fingerprint density at radius 2 is 2.13 bits per heavy atom. The number of aryl methyl sites for hydroxylation is 2. The van der Waals surface area contributed by atoms with E-state index in [0.29, 0.717) is 24.0 Å². The molecule has 0 spiro atoms. The van der Waals surface area contributed by atoms with Crippen molar-refractivity contribution in [2.75, 3.05) is 0 Å². The van der Waals surface area contributed by atoms with E-state index in [0.717, 1.165) is 0 Å². The number of hydrogen-bond acceptors (Lipinski definition) is 2. The van der Waals surface area contributed by atoms with E-state index in [1.165, 1.54) is 12.1 Å². The molecule has 0 aliphatic rings. The van der Waals surface area contributed by atoms with Gasteiger partial charge in [0, 0.05) is 6.42 Å². The van der Waals surface area contributed by atoms with Crippen LogP contribution < -0.4 is 0 Å². The van der Waals surface area contributed by atoms with Crippen LogP contribution >= 0.6 is 0 Å².